The number of amides is 2. The summed E-state index contributed by atoms with van der Waals surface area (Å²) in [5.41, 5.74) is -0.286. The largest absolute Gasteiger partial charge is 0.481 e. The number of carbonyl (C=O) groups excluding carboxylic acids is 1. The van der Waals surface area contributed by atoms with Crippen molar-refractivity contribution >= 4 is 12.0 Å². The first-order valence-corrected chi connectivity index (χ1v) is 6.81. The Labute approximate surface area is 116 Å². The van der Waals surface area contributed by atoms with Gasteiger partial charge in [0.25, 0.3) is 0 Å². The van der Waals surface area contributed by atoms with E-state index >= 15 is 0 Å². The normalized spacial score (nSPS) is 14.6. The highest BCUT2D eigenvalue weighted by Crippen LogP contribution is 2.22. The van der Waals surface area contributed by atoms with E-state index in [1.807, 2.05) is 20.8 Å². The van der Waals surface area contributed by atoms with E-state index in [0.29, 0.717) is 12.5 Å². The van der Waals surface area contributed by atoms with Crippen LogP contribution in [-0.4, -0.2) is 41.6 Å². The van der Waals surface area contributed by atoms with Crippen molar-refractivity contribution in [2.45, 2.75) is 53.5 Å². The molecule has 0 radical (unpaired) electrons. The van der Waals surface area contributed by atoms with Crippen LogP contribution in [0.25, 0.3) is 0 Å². The van der Waals surface area contributed by atoms with Crippen molar-refractivity contribution in [1.82, 2.24) is 10.2 Å². The Hall–Kier alpha value is -1.26. The average molecular weight is 272 g/mol. The fourth-order valence-corrected chi connectivity index (χ4v) is 1.69. The zero-order valence-corrected chi connectivity index (χ0v) is 13.0. The maximum atomic E-state index is 12.1. The lowest BCUT2D eigenvalue weighted by Gasteiger charge is -2.32. The number of hydrogen-bond donors (Lipinski definition) is 2. The maximum Gasteiger partial charge on any atom is 0.317 e. The number of carboxylic acids is 1. The molecule has 2 unspecified atom stereocenters. The number of nitrogens with one attached hydrogen (secondary N) is 1. The minimum absolute atomic E-state index is 0.0631. The zero-order valence-electron chi connectivity index (χ0n) is 13.0. The Bertz CT molecular complexity index is 310. The van der Waals surface area contributed by atoms with Crippen LogP contribution in [0, 0.1) is 11.3 Å². The van der Waals surface area contributed by atoms with Crippen molar-refractivity contribution in [2.24, 2.45) is 11.3 Å². The molecule has 19 heavy (non-hydrogen) atoms. The quantitative estimate of drug-likeness (QED) is 0.780. The van der Waals surface area contributed by atoms with Crippen molar-refractivity contribution in [3.8, 4) is 0 Å². The van der Waals surface area contributed by atoms with Crippen LogP contribution in [0.3, 0.4) is 0 Å². The minimum Gasteiger partial charge on any atom is -0.481 e. The molecule has 0 heterocycles. The van der Waals surface area contributed by atoms with Gasteiger partial charge in [0.05, 0.1) is 6.42 Å². The second-order valence-corrected chi connectivity index (χ2v) is 6.36. The molecule has 0 aromatic carbocycles. The lowest BCUT2D eigenvalue weighted by molar-refractivity contribution is -0.138. The third kappa shape index (κ3) is 7.03. The van der Waals surface area contributed by atoms with Crippen LogP contribution in [0.2, 0.25) is 0 Å². The van der Waals surface area contributed by atoms with Crippen molar-refractivity contribution in [1.29, 1.82) is 0 Å². The highest BCUT2D eigenvalue weighted by Gasteiger charge is 2.29. The summed E-state index contributed by atoms with van der Waals surface area (Å²) in [5.74, 6) is -0.465. The van der Waals surface area contributed by atoms with Gasteiger partial charge in [-0.1, -0.05) is 41.0 Å². The van der Waals surface area contributed by atoms with Crippen LogP contribution in [0.4, 0.5) is 4.79 Å². The van der Waals surface area contributed by atoms with Crippen LogP contribution in [-0.2, 0) is 4.79 Å². The summed E-state index contributed by atoms with van der Waals surface area (Å²) in [6.45, 7) is 10.6. The number of urea groups is 1. The van der Waals surface area contributed by atoms with Gasteiger partial charge in [0.2, 0.25) is 0 Å². The van der Waals surface area contributed by atoms with Gasteiger partial charge in [0, 0.05) is 19.6 Å². The summed E-state index contributed by atoms with van der Waals surface area (Å²) in [7, 11) is 1.74. The molecule has 0 rings (SSSR count). The molecular formula is C14H28N2O3. The molecule has 2 atom stereocenters. The monoisotopic (exact) mass is 272 g/mol. The van der Waals surface area contributed by atoms with Gasteiger partial charge in [-0.05, 0) is 11.3 Å². The first kappa shape index (κ1) is 17.7. The molecule has 2 N–H and O–H groups in total. The van der Waals surface area contributed by atoms with Gasteiger partial charge in [-0.25, -0.2) is 4.79 Å². The van der Waals surface area contributed by atoms with E-state index in [1.54, 1.807) is 11.9 Å². The van der Waals surface area contributed by atoms with Gasteiger partial charge >= 0.3 is 12.0 Å². The van der Waals surface area contributed by atoms with Crippen LogP contribution >= 0.6 is 0 Å². The topological polar surface area (TPSA) is 69.6 Å². The lowest BCUT2D eigenvalue weighted by Crippen LogP contribution is -2.50. The molecule has 2 amide bonds. The number of carboxylic acid groups (broad SMARTS) is 1. The molecule has 0 aliphatic rings. The van der Waals surface area contributed by atoms with Gasteiger partial charge < -0.3 is 15.3 Å². The van der Waals surface area contributed by atoms with Crippen LogP contribution in [0.5, 0.6) is 0 Å². The second kappa shape index (κ2) is 7.36. The van der Waals surface area contributed by atoms with E-state index in [-0.39, 0.29) is 23.9 Å². The minimum atomic E-state index is -0.898. The molecule has 0 aromatic heterocycles. The van der Waals surface area contributed by atoms with Gasteiger partial charge in [-0.2, -0.15) is 0 Å². The Balaban J connectivity index is 4.58. The summed E-state index contributed by atoms with van der Waals surface area (Å²) in [6, 6.07) is -0.585. The summed E-state index contributed by atoms with van der Waals surface area (Å²) in [6.07, 6.45) is 0.946. The molecular weight excluding hydrogens is 244 g/mol. The third-order valence-electron chi connectivity index (χ3n) is 3.35. The summed E-state index contributed by atoms with van der Waals surface area (Å²) in [5, 5.41) is 11.7. The summed E-state index contributed by atoms with van der Waals surface area (Å²) >= 11 is 0. The lowest BCUT2D eigenvalue weighted by atomic mass is 9.85. The van der Waals surface area contributed by atoms with Gasteiger partial charge in [-0.15, -0.1) is 0 Å². The van der Waals surface area contributed by atoms with E-state index in [2.05, 4.69) is 19.2 Å². The van der Waals surface area contributed by atoms with Crippen LogP contribution < -0.4 is 5.32 Å². The van der Waals surface area contributed by atoms with Crippen molar-refractivity contribution in [2.75, 3.05) is 13.6 Å². The number of rotatable bonds is 6. The van der Waals surface area contributed by atoms with Crippen molar-refractivity contribution in [3.05, 3.63) is 0 Å². The molecule has 0 bridgehead atoms. The van der Waals surface area contributed by atoms with Crippen molar-refractivity contribution < 1.29 is 14.7 Å². The Morgan fingerprint density at radius 2 is 1.84 bits per heavy atom. The molecule has 0 fully saturated rings. The molecule has 0 spiro atoms. The number of nitrogens with zero attached hydrogens (tertiary/aromatic N) is 1. The first-order chi connectivity index (χ1) is 8.57. The predicted molar refractivity (Wildman–Crippen MR) is 76.1 cm³/mol. The summed E-state index contributed by atoms with van der Waals surface area (Å²) in [4.78, 5) is 24.5. The van der Waals surface area contributed by atoms with E-state index in [0.717, 1.165) is 6.42 Å². The van der Waals surface area contributed by atoms with Gasteiger partial charge in [0.15, 0.2) is 0 Å². The van der Waals surface area contributed by atoms with E-state index < -0.39 is 5.97 Å². The molecule has 0 saturated heterocycles. The standard InChI is InChI=1S/C14H28N2O3/c1-7-10(2)9-16(6)13(19)15-11(8-12(17)18)14(3,4)5/h10-11H,7-9H2,1-6H3,(H,15,19)(H,17,18). The highest BCUT2D eigenvalue weighted by molar-refractivity contribution is 5.75. The fraction of sp³-hybridized carbons (Fsp3) is 0.857. The second-order valence-electron chi connectivity index (χ2n) is 6.36. The molecule has 0 aliphatic heterocycles. The van der Waals surface area contributed by atoms with E-state index in [4.69, 9.17) is 5.11 Å². The fourth-order valence-electron chi connectivity index (χ4n) is 1.69. The van der Waals surface area contributed by atoms with E-state index in [1.165, 1.54) is 0 Å². The molecule has 0 aromatic rings. The van der Waals surface area contributed by atoms with Gasteiger partial charge in [0.1, 0.15) is 0 Å². The van der Waals surface area contributed by atoms with E-state index in [9.17, 15) is 9.59 Å². The molecule has 0 aliphatic carbocycles. The molecule has 0 saturated carbocycles. The van der Waals surface area contributed by atoms with Gasteiger partial charge in [-0.3, -0.25) is 4.79 Å². The van der Waals surface area contributed by atoms with Crippen LogP contribution in [0.15, 0.2) is 0 Å². The van der Waals surface area contributed by atoms with Crippen molar-refractivity contribution in [3.63, 3.8) is 0 Å². The third-order valence-corrected chi connectivity index (χ3v) is 3.35. The molecule has 5 nitrogen and oxygen atoms in total. The summed E-state index contributed by atoms with van der Waals surface area (Å²) < 4.78 is 0. The smallest absolute Gasteiger partial charge is 0.317 e. The number of hydrogen-bond acceptors (Lipinski definition) is 2. The highest BCUT2D eigenvalue weighted by atomic mass is 16.4. The van der Waals surface area contributed by atoms with Crippen LogP contribution in [0.1, 0.15) is 47.5 Å². The maximum absolute atomic E-state index is 12.1. The zero-order chi connectivity index (χ0) is 15.2. The first-order valence-electron chi connectivity index (χ1n) is 6.81. The number of aliphatic carboxylic acids is 1. The Morgan fingerprint density at radius 1 is 1.32 bits per heavy atom. The SMILES string of the molecule is CCC(C)CN(C)C(=O)NC(CC(=O)O)C(C)(C)C. The molecule has 5 heteroatoms. The average Bonchev–Trinajstić information content (AvgIpc) is 2.25. The predicted octanol–water partition coefficient (Wildman–Crippen LogP) is 2.56. The molecule has 112 valence electrons. The number of carbonyl (C=O) groups is 2. The Morgan fingerprint density at radius 3 is 2.21 bits per heavy atom. The Kier molecular flexibility index (Phi) is 6.87.